The normalized spacial score (nSPS) is 14.3. The molecule has 0 saturated heterocycles. The summed E-state index contributed by atoms with van der Waals surface area (Å²) in [6, 6.07) is 10.5. The van der Waals surface area contributed by atoms with Crippen LogP contribution < -0.4 is 5.32 Å². The van der Waals surface area contributed by atoms with Crippen molar-refractivity contribution in [1.82, 2.24) is 20.5 Å². The number of nitrogens with one attached hydrogen (secondary N) is 2. The predicted octanol–water partition coefficient (Wildman–Crippen LogP) is 1.84. The SMILES string of the molecule is COCC(NC(C)c1ncn[nH]1)c1ccccc1. The van der Waals surface area contributed by atoms with Crippen molar-refractivity contribution in [3.8, 4) is 0 Å². The number of hydrogen-bond acceptors (Lipinski definition) is 4. The number of aromatic amines is 1. The van der Waals surface area contributed by atoms with Crippen molar-refractivity contribution < 1.29 is 4.74 Å². The molecule has 2 unspecified atom stereocenters. The first-order chi connectivity index (χ1) is 8.81. The molecule has 5 heteroatoms. The Morgan fingerprint density at radius 1 is 1.33 bits per heavy atom. The molecule has 0 amide bonds. The maximum absolute atomic E-state index is 5.27. The number of benzene rings is 1. The Morgan fingerprint density at radius 3 is 2.72 bits per heavy atom. The monoisotopic (exact) mass is 246 g/mol. The van der Waals surface area contributed by atoms with Crippen LogP contribution in [0, 0.1) is 0 Å². The Hall–Kier alpha value is -1.72. The minimum Gasteiger partial charge on any atom is -0.383 e. The highest BCUT2D eigenvalue weighted by Gasteiger charge is 2.16. The van der Waals surface area contributed by atoms with Crippen LogP contribution in [0.25, 0.3) is 0 Å². The maximum Gasteiger partial charge on any atom is 0.141 e. The molecule has 1 heterocycles. The lowest BCUT2D eigenvalue weighted by Crippen LogP contribution is -2.28. The first-order valence-corrected chi connectivity index (χ1v) is 5.96. The van der Waals surface area contributed by atoms with Gasteiger partial charge in [0.2, 0.25) is 0 Å². The van der Waals surface area contributed by atoms with E-state index in [1.54, 1.807) is 7.11 Å². The third-order valence-electron chi connectivity index (χ3n) is 2.83. The molecule has 0 spiro atoms. The highest BCUT2D eigenvalue weighted by atomic mass is 16.5. The minimum absolute atomic E-state index is 0.0906. The van der Waals surface area contributed by atoms with Gasteiger partial charge in [-0.2, -0.15) is 5.10 Å². The minimum atomic E-state index is 0.0906. The number of rotatable bonds is 6. The zero-order valence-electron chi connectivity index (χ0n) is 10.6. The second-order valence-corrected chi connectivity index (χ2v) is 4.18. The van der Waals surface area contributed by atoms with Crippen molar-refractivity contribution in [3.63, 3.8) is 0 Å². The van der Waals surface area contributed by atoms with E-state index in [-0.39, 0.29) is 12.1 Å². The number of H-pyrrole nitrogens is 1. The van der Waals surface area contributed by atoms with Gasteiger partial charge in [0.15, 0.2) is 0 Å². The third-order valence-corrected chi connectivity index (χ3v) is 2.83. The summed E-state index contributed by atoms with van der Waals surface area (Å²) >= 11 is 0. The van der Waals surface area contributed by atoms with E-state index in [4.69, 9.17) is 4.74 Å². The molecule has 2 N–H and O–H groups in total. The van der Waals surface area contributed by atoms with E-state index in [0.29, 0.717) is 6.61 Å². The van der Waals surface area contributed by atoms with Crippen molar-refractivity contribution in [1.29, 1.82) is 0 Å². The van der Waals surface area contributed by atoms with Gasteiger partial charge in [0.05, 0.1) is 18.7 Å². The molecule has 1 aromatic heterocycles. The average Bonchev–Trinajstić information content (AvgIpc) is 2.93. The number of methoxy groups -OCH3 is 1. The molecule has 5 nitrogen and oxygen atoms in total. The molecule has 2 aromatic rings. The fraction of sp³-hybridized carbons (Fsp3) is 0.385. The summed E-state index contributed by atoms with van der Waals surface area (Å²) in [6.07, 6.45) is 1.52. The number of nitrogens with zero attached hydrogens (tertiary/aromatic N) is 2. The second kappa shape index (κ2) is 6.28. The number of ether oxygens (including phenoxy) is 1. The van der Waals surface area contributed by atoms with E-state index in [1.165, 1.54) is 11.9 Å². The molecule has 0 radical (unpaired) electrons. The van der Waals surface area contributed by atoms with Crippen LogP contribution in [0.4, 0.5) is 0 Å². The van der Waals surface area contributed by atoms with Crippen molar-refractivity contribution in [3.05, 3.63) is 48.0 Å². The van der Waals surface area contributed by atoms with Crippen molar-refractivity contribution in [2.75, 3.05) is 13.7 Å². The lowest BCUT2D eigenvalue weighted by Gasteiger charge is -2.22. The highest BCUT2D eigenvalue weighted by Crippen LogP contribution is 2.17. The van der Waals surface area contributed by atoms with Crippen LogP contribution in [-0.2, 0) is 4.74 Å². The second-order valence-electron chi connectivity index (χ2n) is 4.18. The van der Waals surface area contributed by atoms with E-state index in [9.17, 15) is 0 Å². The summed E-state index contributed by atoms with van der Waals surface area (Å²) in [5, 5.41) is 10.2. The van der Waals surface area contributed by atoms with E-state index < -0.39 is 0 Å². The highest BCUT2D eigenvalue weighted by molar-refractivity contribution is 5.19. The Morgan fingerprint density at radius 2 is 2.11 bits per heavy atom. The van der Waals surface area contributed by atoms with E-state index in [1.807, 2.05) is 25.1 Å². The molecule has 0 fully saturated rings. The van der Waals surface area contributed by atoms with Gasteiger partial charge in [-0.25, -0.2) is 4.98 Å². The molecule has 18 heavy (non-hydrogen) atoms. The van der Waals surface area contributed by atoms with E-state index in [2.05, 4.69) is 32.6 Å². The summed E-state index contributed by atoms with van der Waals surface area (Å²) in [4.78, 5) is 4.15. The van der Waals surface area contributed by atoms with E-state index in [0.717, 1.165) is 5.82 Å². The average molecular weight is 246 g/mol. The maximum atomic E-state index is 5.27. The van der Waals surface area contributed by atoms with Gasteiger partial charge >= 0.3 is 0 Å². The first-order valence-electron chi connectivity index (χ1n) is 5.96. The van der Waals surface area contributed by atoms with Gasteiger partial charge in [-0.1, -0.05) is 30.3 Å². The van der Waals surface area contributed by atoms with Gasteiger partial charge in [-0.05, 0) is 12.5 Å². The van der Waals surface area contributed by atoms with Crippen LogP contribution in [0.2, 0.25) is 0 Å². The van der Waals surface area contributed by atoms with Crippen LogP contribution in [0.1, 0.15) is 30.4 Å². The molecule has 2 atom stereocenters. The van der Waals surface area contributed by atoms with Crippen molar-refractivity contribution in [2.45, 2.75) is 19.0 Å². The summed E-state index contributed by atoms with van der Waals surface area (Å²) < 4.78 is 5.27. The van der Waals surface area contributed by atoms with Crippen LogP contribution in [-0.4, -0.2) is 28.9 Å². The molecule has 2 rings (SSSR count). The lowest BCUT2D eigenvalue weighted by molar-refractivity contribution is 0.161. The fourth-order valence-corrected chi connectivity index (χ4v) is 1.90. The molecule has 0 bridgehead atoms. The van der Waals surface area contributed by atoms with E-state index >= 15 is 0 Å². The van der Waals surface area contributed by atoms with Crippen LogP contribution in [0.3, 0.4) is 0 Å². The molecule has 96 valence electrons. The predicted molar refractivity (Wildman–Crippen MR) is 69.0 cm³/mol. The quantitative estimate of drug-likeness (QED) is 0.816. The molecule has 1 aromatic carbocycles. The summed E-state index contributed by atoms with van der Waals surface area (Å²) in [6.45, 7) is 2.66. The lowest BCUT2D eigenvalue weighted by atomic mass is 10.1. The number of aromatic nitrogens is 3. The first kappa shape index (κ1) is 12.7. The van der Waals surface area contributed by atoms with Gasteiger partial charge in [-0.15, -0.1) is 0 Å². The van der Waals surface area contributed by atoms with Gasteiger partial charge in [-0.3, -0.25) is 10.4 Å². The Kier molecular flexibility index (Phi) is 4.44. The third kappa shape index (κ3) is 3.15. The van der Waals surface area contributed by atoms with Gasteiger partial charge in [0.25, 0.3) is 0 Å². The van der Waals surface area contributed by atoms with Crippen molar-refractivity contribution >= 4 is 0 Å². The zero-order valence-corrected chi connectivity index (χ0v) is 10.6. The molecule has 0 aliphatic carbocycles. The van der Waals surface area contributed by atoms with Gasteiger partial charge in [0.1, 0.15) is 12.2 Å². The zero-order chi connectivity index (χ0) is 12.8. The Bertz CT molecular complexity index is 443. The molecule has 0 saturated carbocycles. The van der Waals surface area contributed by atoms with Gasteiger partial charge in [0, 0.05) is 7.11 Å². The summed E-state index contributed by atoms with van der Waals surface area (Å²) in [5.41, 5.74) is 1.20. The fourth-order valence-electron chi connectivity index (χ4n) is 1.90. The van der Waals surface area contributed by atoms with Crippen LogP contribution in [0.5, 0.6) is 0 Å². The topological polar surface area (TPSA) is 62.8 Å². The standard InChI is InChI=1S/C13H18N4O/c1-10(13-14-9-15-17-13)16-12(8-18-2)11-6-4-3-5-7-11/h3-7,9-10,12,16H,8H2,1-2H3,(H,14,15,17). The summed E-state index contributed by atoms with van der Waals surface area (Å²) in [5.74, 6) is 0.826. The Labute approximate surface area is 107 Å². The molecule has 0 aliphatic heterocycles. The van der Waals surface area contributed by atoms with Crippen LogP contribution >= 0.6 is 0 Å². The van der Waals surface area contributed by atoms with Gasteiger partial charge < -0.3 is 4.74 Å². The smallest absolute Gasteiger partial charge is 0.141 e. The molecular formula is C13H18N4O. The number of hydrogen-bond donors (Lipinski definition) is 2. The molecular weight excluding hydrogens is 228 g/mol. The molecule has 0 aliphatic rings. The summed E-state index contributed by atoms with van der Waals surface area (Å²) in [7, 11) is 1.71. The Balaban J connectivity index is 2.07. The largest absolute Gasteiger partial charge is 0.383 e. The van der Waals surface area contributed by atoms with Crippen LogP contribution in [0.15, 0.2) is 36.7 Å². The van der Waals surface area contributed by atoms with Crippen molar-refractivity contribution in [2.24, 2.45) is 0 Å².